The Hall–Kier alpha value is -1.16. The highest BCUT2D eigenvalue weighted by Gasteiger charge is 1.99. The molecular weight excluding hydrogens is 214 g/mol. The molecule has 0 bridgehead atoms. The lowest BCUT2D eigenvalue weighted by Crippen LogP contribution is -1.77. The van der Waals surface area contributed by atoms with E-state index >= 15 is 0 Å². The number of hydrogen-bond acceptors (Lipinski definition) is 4. The summed E-state index contributed by atoms with van der Waals surface area (Å²) in [7, 11) is 0. The Morgan fingerprint density at radius 3 is 3.07 bits per heavy atom. The molecule has 0 amide bonds. The minimum Gasteiger partial charge on any atom is -0.364 e. The molecule has 0 N–H and O–H groups in total. The van der Waals surface area contributed by atoms with Crippen LogP contribution in [0.2, 0.25) is 0 Å². The zero-order valence-electron chi connectivity index (χ0n) is 8.90. The summed E-state index contributed by atoms with van der Waals surface area (Å²) in [6.45, 7) is 4.66. The highest BCUT2D eigenvalue weighted by Crippen LogP contribution is 2.14. The summed E-state index contributed by atoms with van der Waals surface area (Å²) in [5.74, 6) is 0. The number of hydrogen-bond donors (Lipinski definition) is 0. The number of nitrogens with zero attached hydrogens (tertiary/aromatic N) is 3. The van der Waals surface area contributed by atoms with Crippen LogP contribution in [0.1, 0.15) is 31.0 Å². The molecule has 5 heteroatoms. The zero-order valence-corrected chi connectivity index (χ0v) is 9.66. The lowest BCUT2D eigenvalue weighted by Gasteiger charge is -1.89. The Morgan fingerprint density at radius 2 is 2.47 bits per heavy atom. The first kappa shape index (κ1) is 11.9. The zero-order chi connectivity index (χ0) is 11.1. The van der Waals surface area contributed by atoms with Crippen molar-refractivity contribution in [2.75, 3.05) is 6.54 Å². The number of aryl methyl sites for hydroxylation is 1. The molecule has 0 atom stereocenters. The van der Waals surface area contributed by atoms with Crippen molar-refractivity contribution >= 4 is 17.7 Å². The molecule has 1 rings (SSSR count). The fourth-order valence-electron chi connectivity index (χ4n) is 0.942. The first-order valence-electron chi connectivity index (χ1n) is 4.89. The van der Waals surface area contributed by atoms with Gasteiger partial charge in [-0.25, -0.2) is 0 Å². The Balaban J connectivity index is 2.53. The van der Waals surface area contributed by atoms with Crippen molar-refractivity contribution in [3.05, 3.63) is 22.7 Å². The van der Waals surface area contributed by atoms with Gasteiger partial charge in [0, 0.05) is 5.56 Å². The van der Waals surface area contributed by atoms with Crippen molar-refractivity contribution in [2.45, 2.75) is 26.7 Å². The van der Waals surface area contributed by atoms with Crippen molar-refractivity contribution in [1.82, 2.24) is 5.16 Å². The highest BCUT2D eigenvalue weighted by atomic mass is 35.5. The van der Waals surface area contributed by atoms with Crippen LogP contribution in [0.25, 0.3) is 6.08 Å². The molecule has 1 aromatic heterocycles. The van der Waals surface area contributed by atoms with Crippen molar-refractivity contribution in [3.8, 4) is 0 Å². The van der Waals surface area contributed by atoms with E-state index in [0.29, 0.717) is 11.7 Å². The fraction of sp³-hybridized carbons (Fsp3) is 0.500. The smallest absolute Gasteiger partial charge is 0.152 e. The van der Waals surface area contributed by atoms with Gasteiger partial charge in [-0.3, -0.25) is 0 Å². The van der Waals surface area contributed by atoms with Gasteiger partial charge in [-0.2, -0.15) is 5.11 Å². The monoisotopic (exact) mass is 227 g/mol. The van der Waals surface area contributed by atoms with Crippen molar-refractivity contribution in [3.63, 3.8) is 0 Å². The molecule has 1 heterocycles. The first-order valence-corrected chi connectivity index (χ1v) is 5.27. The molecule has 4 nitrogen and oxygen atoms in total. The topological polar surface area (TPSA) is 50.8 Å². The fourth-order valence-corrected chi connectivity index (χ4v) is 1.11. The SMILES string of the molecule is CCCCN=N/C(Cl)=C\c1conc1C. The van der Waals surface area contributed by atoms with E-state index in [0.717, 1.165) is 24.1 Å². The summed E-state index contributed by atoms with van der Waals surface area (Å²) in [6.07, 6.45) is 5.34. The Bertz CT molecular complexity index is 357. The molecule has 1 aromatic rings. The molecule has 0 spiro atoms. The molecule has 0 fully saturated rings. The third kappa shape index (κ3) is 4.25. The van der Waals surface area contributed by atoms with E-state index in [1.54, 1.807) is 6.08 Å². The maximum absolute atomic E-state index is 5.85. The van der Waals surface area contributed by atoms with Crippen LogP contribution in [-0.2, 0) is 0 Å². The second-order valence-electron chi connectivity index (χ2n) is 3.14. The van der Waals surface area contributed by atoms with Gasteiger partial charge >= 0.3 is 0 Å². The molecule has 0 aromatic carbocycles. The van der Waals surface area contributed by atoms with E-state index in [-0.39, 0.29) is 0 Å². The summed E-state index contributed by atoms with van der Waals surface area (Å²) >= 11 is 5.85. The number of azo groups is 1. The van der Waals surface area contributed by atoms with Gasteiger partial charge in [-0.05, 0) is 19.4 Å². The molecule has 0 radical (unpaired) electrons. The number of aromatic nitrogens is 1. The van der Waals surface area contributed by atoms with E-state index < -0.39 is 0 Å². The summed E-state index contributed by atoms with van der Waals surface area (Å²) in [5, 5.41) is 11.9. The summed E-state index contributed by atoms with van der Waals surface area (Å²) in [4.78, 5) is 0. The van der Waals surface area contributed by atoms with Gasteiger partial charge in [0.1, 0.15) is 6.26 Å². The van der Waals surface area contributed by atoms with E-state index in [9.17, 15) is 0 Å². The Kier molecular flexibility index (Phi) is 5.04. The van der Waals surface area contributed by atoms with Crippen molar-refractivity contribution < 1.29 is 4.52 Å². The average molecular weight is 228 g/mol. The quantitative estimate of drug-likeness (QED) is 0.437. The van der Waals surface area contributed by atoms with Crippen LogP contribution in [-0.4, -0.2) is 11.7 Å². The lowest BCUT2D eigenvalue weighted by atomic mass is 10.3. The Labute approximate surface area is 94.0 Å². The van der Waals surface area contributed by atoms with E-state index in [2.05, 4.69) is 22.3 Å². The molecule has 15 heavy (non-hydrogen) atoms. The predicted octanol–water partition coefficient (Wildman–Crippen LogP) is 3.77. The van der Waals surface area contributed by atoms with Crippen LogP contribution in [0.15, 0.2) is 26.2 Å². The highest BCUT2D eigenvalue weighted by molar-refractivity contribution is 6.31. The van der Waals surface area contributed by atoms with E-state index in [1.165, 1.54) is 6.26 Å². The van der Waals surface area contributed by atoms with Crippen LogP contribution in [0.3, 0.4) is 0 Å². The molecule has 82 valence electrons. The standard InChI is InChI=1S/C10H14ClN3O/c1-3-4-5-12-13-10(11)6-9-7-15-14-8(9)2/h6-7H,3-5H2,1-2H3/b10-6-,13-12?. The van der Waals surface area contributed by atoms with Gasteiger partial charge in [0.25, 0.3) is 0 Å². The predicted molar refractivity (Wildman–Crippen MR) is 59.7 cm³/mol. The largest absolute Gasteiger partial charge is 0.364 e. The maximum atomic E-state index is 5.85. The van der Waals surface area contributed by atoms with E-state index in [1.807, 2.05) is 6.92 Å². The summed E-state index contributed by atoms with van der Waals surface area (Å²) in [6, 6.07) is 0. The van der Waals surface area contributed by atoms with Crippen LogP contribution >= 0.6 is 11.6 Å². The van der Waals surface area contributed by atoms with E-state index in [4.69, 9.17) is 16.1 Å². The molecule has 0 saturated heterocycles. The molecule has 0 saturated carbocycles. The molecule has 0 aliphatic carbocycles. The van der Waals surface area contributed by atoms with Gasteiger partial charge in [-0.15, -0.1) is 5.11 Å². The average Bonchev–Trinajstić information content (AvgIpc) is 2.59. The molecule has 0 unspecified atom stereocenters. The molecular formula is C10H14ClN3O. The lowest BCUT2D eigenvalue weighted by molar-refractivity contribution is 0.415. The van der Waals surface area contributed by atoms with Crippen LogP contribution in [0, 0.1) is 6.92 Å². The van der Waals surface area contributed by atoms with Crippen LogP contribution in [0.5, 0.6) is 0 Å². The van der Waals surface area contributed by atoms with Gasteiger partial charge in [-0.1, -0.05) is 30.1 Å². The number of halogens is 1. The van der Waals surface area contributed by atoms with Gasteiger partial charge in [0.05, 0.1) is 12.2 Å². The summed E-state index contributed by atoms with van der Waals surface area (Å²) in [5.41, 5.74) is 1.62. The van der Waals surface area contributed by atoms with Gasteiger partial charge in [0.2, 0.25) is 0 Å². The first-order chi connectivity index (χ1) is 7.24. The maximum Gasteiger partial charge on any atom is 0.152 e. The van der Waals surface area contributed by atoms with Crippen molar-refractivity contribution in [1.29, 1.82) is 0 Å². The summed E-state index contributed by atoms with van der Waals surface area (Å²) < 4.78 is 4.76. The van der Waals surface area contributed by atoms with Crippen molar-refractivity contribution in [2.24, 2.45) is 10.2 Å². The second kappa shape index (κ2) is 6.35. The second-order valence-corrected chi connectivity index (χ2v) is 3.53. The molecule has 0 aliphatic rings. The minimum absolute atomic E-state index is 0.345. The number of rotatable bonds is 5. The third-order valence-corrected chi connectivity index (χ3v) is 2.02. The Morgan fingerprint density at radius 1 is 1.67 bits per heavy atom. The van der Waals surface area contributed by atoms with Crippen LogP contribution < -0.4 is 0 Å². The third-order valence-electron chi connectivity index (χ3n) is 1.84. The van der Waals surface area contributed by atoms with Gasteiger partial charge in [0.15, 0.2) is 5.16 Å². The van der Waals surface area contributed by atoms with Gasteiger partial charge < -0.3 is 4.52 Å². The minimum atomic E-state index is 0.345. The normalized spacial score (nSPS) is 12.6. The number of unbranched alkanes of at least 4 members (excludes halogenated alkanes) is 1. The van der Waals surface area contributed by atoms with Crippen LogP contribution in [0.4, 0.5) is 0 Å². The molecule has 0 aliphatic heterocycles.